The van der Waals surface area contributed by atoms with Gasteiger partial charge >= 0.3 is 0 Å². The number of nitrogens with zero attached hydrogens (tertiary/aromatic N) is 1. The maximum Gasteiger partial charge on any atom is 0.144 e. The van der Waals surface area contributed by atoms with Crippen LogP contribution in [0.1, 0.15) is 11.1 Å². The molecule has 2 aromatic rings. The van der Waals surface area contributed by atoms with Gasteiger partial charge in [0.25, 0.3) is 0 Å². The van der Waals surface area contributed by atoms with Crippen LogP contribution >= 0.6 is 15.9 Å². The molecule has 0 saturated heterocycles. The second-order valence-electron chi connectivity index (χ2n) is 3.86. The van der Waals surface area contributed by atoms with Gasteiger partial charge in [0.05, 0.1) is 0 Å². The van der Waals surface area contributed by atoms with Gasteiger partial charge in [-0.05, 0) is 24.3 Å². The summed E-state index contributed by atoms with van der Waals surface area (Å²) in [6.07, 6.45) is 0. The summed E-state index contributed by atoms with van der Waals surface area (Å²) in [5.74, 6) is -0.381. The van der Waals surface area contributed by atoms with E-state index in [1.807, 2.05) is 12.1 Å². The van der Waals surface area contributed by atoms with Crippen LogP contribution in [0.2, 0.25) is 0 Å². The summed E-state index contributed by atoms with van der Waals surface area (Å²) in [6.45, 7) is 0.178. The second-order valence-corrected chi connectivity index (χ2v) is 4.77. The number of benzene rings is 2. The molecule has 19 heavy (non-hydrogen) atoms. The third-order valence-corrected chi connectivity index (χ3v) is 3.07. The molecule has 5 heteroatoms. The van der Waals surface area contributed by atoms with Gasteiger partial charge in [-0.25, -0.2) is 4.39 Å². The van der Waals surface area contributed by atoms with Crippen molar-refractivity contribution in [3.05, 3.63) is 57.8 Å². The van der Waals surface area contributed by atoms with Crippen molar-refractivity contribution in [1.29, 1.82) is 5.26 Å². The Morgan fingerprint density at radius 3 is 2.79 bits per heavy atom. The van der Waals surface area contributed by atoms with Crippen molar-refractivity contribution in [3.63, 3.8) is 0 Å². The smallest absolute Gasteiger partial charge is 0.144 e. The number of halogens is 2. The van der Waals surface area contributed by atoms with Gasteiger partial charge in [0.2, 0.25) is 0 Å². The maximum absolute atomic E-state index is 13.4. The molecule has 0 aromatic heterocycles. The van der Waals surface area contributed by atoms with Crippen molar-refractivity contribution in [1.82, 2.24) is 0 Å². The molecule has 2 N–H and O–H groups in total. The molecule has 0 atom stereocenters. The van der Waals surface area contributed by atoms with Gasteiger partial charge in [-0.1, -0.05) is 28.1 Å². The van der Waals surface area contributed by atoms with Crippen LogP contribution in [0.15, 0.2) is 40.9 Å². The first kappa shape index (κ1) is 13.4. The lowest BCUT2D eigenvalue weighted by Gasteiger charge is -2.10. The van der Waals surface area contributed by atoms with Crippen molar-refractivity contribution in [3.8, 4) is 11.8 Å². The van der Waals surface area contributed by atoms with Gasteiger partial charge in [-0.2, -0.15) is 5.26 Å². The molecular formula is C14H10BrFN2O. The summed E-state index contributed by atoms with van der Waals surface area (Å²) in [6, 6.07) is 11.5. The molecule has 0 fully saturated rings. The Hall–Kier alpha value is -2.06. The van der Waals surface area contributed by atoms with Gasteiger partial charge in [-0.3, -0.25) is 0 Å². The fraction of sp³-hybridized carbons (Fsp3) is 0.0714. The van der Waals surface area contributed by atoms with E-state index in [1.54, 1.807) is 18.2 Å². The van der Waals surface area contributed by atoms with Crippen molar-refractivity contribution < 1.29 is 9.13 Å². The SMILES string of the molecule is N#Cc1c(F)cccc1OCc1ccc(Br)cc1N. The zero-order valence-corrected chi connectivity index (χ0v) is 11.4. The second kappa shape index (κ2) is 5.72. The quantitative estimate of drug-likeness (QED) is 0.879. The van der Waals surface area contributed by atoms with E-state index in [4.69, 9.17) is 15.7 Å². The number of hydrogen-bond donors (Lipinski definition) is 1. The lowest BCUT2D eigenvalue weighted by atomic mass is 10.2. The number of ether oxygens (including phenoxy) is 1. The third-order valence-electron chi connectivity index (χ3n) is 2.58. The number of hydrogen-bond acceptors (Lipinski definition) is 3. The normalized spacial score (nSPS) is 9.95. The topological polar surface area (TPSA) is 59.0 Å². The monoisotopic (exact) mass is 320 g/mol. The Bertz CT molecular complexity index is 652. The predicted molar refractivity (Wildman–Crippen MR) is 74.0 cm³/mol. The molecule has 0 unspecified atom stereocenters. The third kappa shape index (κ3) is 3.04. The van der Waals surface area contributed by atoms with Gasteiger partial charge < -0.3 is 10.5 Å². The number of rotatable bonds is 3. The molecule has 0 heterocycles. The zero-order valence-electron chi connectivity index (χ0n) is 9.86. The van der Waals surface area contributed by atoms with Crippen LogP contribution in [0, 0.1) is 17.1 Å². The summed E-state index contributed by atoms with van der Waals surface area (Å²) < 4.78 is 19.7. The van der Waals surface area contributed by atoms with Crippen molar-refractivity contribution in [2.45, 2.75) is 6.61 Å². The van der Waals surface area contributed by atoms with Gasteiger partial charge in [-0.15, -0.1) is 0 Å². The van der Waals surface area contributed by atoms with E-state index in [9.17, 15) is 4.39 Å². The summed E-state index contributed by atoms with van der Waals surface area (Å²) >= 11 is 3.31. The van der Waals surface area contributed by atoms with Crippen LogP contribution < -0.4 is 10.5 Å². The van der Waals surface area contributed by atoms with Crippen LogP contribution in [0.4, 0.5) is 10.1 Å². The fourth-order valence-electron chi connectivity index (χ4n) is 1.59. The first-order valence-corrected chi connectivity index (χ1v) is 6.26. The highest BCUT2D eigenvalue weighted by Gasteiger charge is 2.09. The minimum absolute atomic E-state index is 0.0989. The highest BCUT2D eigenvalue weighted by Crippen LogP contribution is 2.24. The van der Waals surface area contributed by atoms with E-state index in [0.717, 1.165) is 10.0 Å². The highest BCUT2D eigenvalue weighted by molar-refractivity contribution is 9.10. The molecule has 0 radical (unpaired) electrons. The average molecular weight is 321 g/mol. The first-order chi connectivity index (χ1) is 9.11. The Morgan fingerprint density at radius 2 is 2.11 bits per heavy atom. The molecule has 0 amide bonds. The number of nitriles is 1. The van der Waals surface area contributed by atoms with Crippen molar-refractivity contribution >= 4 is 21.6 Å². The zero-order chi connectivity index (χ0) is 13.8. The van der Waals surface area contributed by atoms with E-state index in [2.05, 4.69) is 15.9 Å². The Kier molecular flexibility index (Phi) is 4.03. The summed E-state index contributed by atoms with van der Waals surface area (Å²) in [5.41, 5.74) is 7.09. The Labute approximate surface area is 118 Å². The summed E-state index contributed by atoms with van der Waals surface area (Å²) in [7, 11) is 0. The van der Waals surface area contributed by atoms with Crippen LogP contribution in [-0.2, 0) is 6.61 Å². The van der Waals surface area contributed by atoms with Crippen LogP contribution in [-0.4, -0.2) is 0 Å². The number of anilines is 1. The molecule has 2 aromatic carbocycles. The standard InChI is InChI=1S/C14H10BrFN2O/c15-10-5-4-9(13(18)6-10)8-19-14-3-1-2-12(16)11(14)7-17/h1-6H,8,18H2. The number of nitrogens with two attached hydrogens (primary N) is 1. The molecule has 96 valence electrons. The fourth-order valence-corrected chi connectivity index (χ4v) is 1.96. The van der Waals surface area contributed by atoms with Gasteiger partial charge in [0, 0.05) is 15.7 Å². The average Bonchev–Trinajstić information content (AvgIpc) is 2.38. The van der Waals surface area contributed by atoms with Crippen LogP contribution in [0.25, 0.3) is 0 Å². The van der Waals surface area contributed by atoms with E-state index in [0.29, 0.717) is 5.69 Å². The minimum atomic E-state index is -0.594. The highest BCUT2D eigenvalue weighted by atomic mass is 79.9. The predicted octanol–water partition coefficient (Wildman–Crippen LogP) is 3.62. The molecule has 0 aliphatic rings. The number of nitrogen functional groups attached to an aromatic ring is 1. The van der Waals surface area contributed by atoms with E-state index < -0.39 is 5.82 Å². The molecule has 0 aliphatic heterocycles. The molecule has 0 spiro atoms. The summed E-state index contributed by atoms with van der Waals surface area (Å²) in [5, 5.41) is 8.89. The molecule has 0 saturated carbocycles. The van der Waals surface area contributed by atoms with Crippen molar-refractivity contribution in [2.75, 3.05) is 5.73 Å². The lowest BCUT2D eigenvalue weighted by molar-refractivity contribution is 0.304. The van der Waals surface area contributed by atoms with Crippen molar-refractivity contribution in [2.24, 2.45) is 0 Å². The summed E-state index contributed by atoms with van der Waals surface area (Å²) in [4.78, 5) is 0. The van der Waals surface area contributed by atoms with E-state index in [-0.39, 0.29) is 17.9 Å². The molecule has 0 bridgehead atoms. The minimum Gasteiger partial charge on any atom is -0.487 e. The molecule has 3 nitrogen and oxygen atoms in total. The van der Waals surface area contributed by atoms with Crippen LogP contribution in [0.5, 0.6) is 5.75 Å². The lowest BCUT2D eigenvalue weighted by Crippen LogP contribution is -2.02. The van der Waals surface area contributed by atoms with Crippen LogP contribution in [0.3, 0.4) is 0 Å². The molecule has 0 aliphatic carbocycles. The van der Waals surface area contributed by atoms with Gasteiger partial charge in [0.1, 0.15) is 29.8 Å². The maximum atomic E-state index is 13.4. The van der Waals surface area contributed by atoms with Gasteiger partial charge in [0.15, 0.2) is 0 Å². The van der Waals surface area contributed by atoms with E-state index >= 15 is 0 Å². The largest absolute Gasteiger partial charge is 0.487 e. The molecule has 2 rings (SSSR count). The molecular weight excluding hydrogens is 311 g/mol. The first-order valence-electron chi connectivity index (χ1n) is 5.47. The Balaban J connectivity index is 2.20. The van der Waals surface area contributed by atoms with E-state index in [1.165, 1.54) is 12.1 Å². The Morgan fingerprint density at radius 1 is 1.32 bits per heavy atom.